The summed E-state index contributed by atoms with van der Waals surface area (Å²) >= 11 is 0. The molecular weight excluding hydrogens is 420 g/mol. The van der Waals surface area contributed by atoms with E-state index in [1.807, 2.05) is 42.3 Å². The molecule has 2 aromatic carbocycles. The minimum atomic E-state index is -0.308. The molecule has 1 amide bonds. The van der Waals surface area contributed by atoms with Crippen LogP contribution >= 0.6 is 0 Å². The smallest absolute Gasteiger partial charge is 0.255 e. The first-order chi connectivity index (χ1) is 16.0. The Hall–Kier alpha value is -3.36. The molecule has 2 heterocycles. The van der Waals surface area contributed by atoms with Crippen molar-refractivity contribution >= 4 is 12.2 Å². The molecule has 4 N–H and O–H groups in total. The minimum Gasteiger partial charge on any atom is -0.496 e. The van der Waals surface area contributed by atoms with Crippen LogP contribution in [0.15, 0.2) is 59.9 Å². The van der Waals surface area contributed by atoms with Crippen LogP contribution in [0.2, 0.25) is 0 Å². The van der Waals surface area contributed by atoms with Crippen molar-refractivity contribution in [3.8, 4) is 5.75 Å². The van der Waals surface area contributed by atoms with Crippen molar-refractivity contribution in [2.24, 2.45) is 5.73 Å². The van der Waals surface area contributed by atoms with E-state index < -0.39 is 0 Å². The number of amides is 1. The van der Waals surface area contributed by atoms with E-state index >= 15 is 0 Å². The van der Waals surface area contributed by atoms with Gasteiger partial charge in [-0.3, -0.25) is 14.6 Å². The van der Waals surface area contributed by atoms with Gasteiger partial charge in [0.15, 0.2) is 6.29 Å². The number of nitrogens with two attached hydrogens (primary N) is 1. The van der Waals surface area contributed by atoms with Crippen LogP contribution in [-0.4, -0.2) is 43.1 Å². The van der Waals surface area contributed by atoms with Gasteiger partial charge in [0, 0.05) is 13.2 Å². The monoisotopic (exact) mass is 450 g/mol. The molecule has 1 fully saturated rings. The number of nitrogens with one attached hydrogen (secondary N) is 2. The number of ether oxygens (including phenoxy) is 2. The first-order valence-corrected chi connectivity index (χ1v) is 11.1. The van der Waals surface area contributed by atoms with E-state index in [1.165, 1.54) is 0 Å². The molecule has 2 aliphatic heterocycles. The highest BCUT2D eigenvalue weighted by atomic mass is 16.5. The van der Waals surface area contributed by atoms with Gasteiger partial charge in [0.25, 0.3) is 5.91 Å². The standard InChI is InChI=1S/C25H30N4O4/c1-16-13-19(11-12-33-16)29-24(26)21(15-30)23(28-29)18-9-7-17(8-10-18)14-27-25(31)20-5-3-4-6-22(20)32-2/h3-10,15-16,19,23,28H,11-14,26H2,1-2H3,(H,27,31). The number of hydrogen-bond donors (Lipinski definition) is 3. The summed E-state index contributed by atoms with van der Waals surface area (Å²) in [5.74, 6) is 0.809. The SMILES string of the molecule is COc1ccccc1C(=O)NCc1ccc(C2NN(C3CCOC(C)C3)C(N)=C2C=O)cc1. The summed E-state index contributed by atoms with van der Waals surface area (Å²) in [6, 6.07) is 14.8. The van der Waals surface area contributed by atoms with E-state index in [-0.39, 0.29) is 24.1 Å². The maximum absolute atomic E-state index is 12.5. The number of para-hydroxylation sites is 1. The van der Waals surface area contributed by atoms with E-state index in [9.17, 15) is 9.59 Å². The van der Waals surface area contributed by atoms with Crippen molar-refractivity contribution in [1.29, 1.82) is 0 Å². The predicted molar refractivity (Wildman–Crippen MR) is 124 cm³/mol. The van der Waals surface area contributed by atoms with Crippen LogP contribution in [0.5, 0.6) is 5.75 Å². The lowest BCUT2D eigenvalue weighted by atomic mass is 10.00. The van der Waals surface area contributed by atoms with E-state index in [0.717, 1.165) is 30.3 Å². The lowest BCUT2D eigenvalue weighted by Crippen LogP contribution is -2.47. The molecule has 0 saturated carbocycles. The lowest BCUT2D eigenvalue weighted by molar-refractivity contribution is -0.105. The number of benzene rings is 2. The number of aldehydes is 1. The van der Waals surface area contributed by atoms with Crippen LogP contribution in [-0.2, 0) is 16.1 Å². The van der Waals surface area contributed by atoms with Crippen molar-refractivity contribution in [1.82, 2.24) is 15.8 Å². The zero-order valence-corrected chi connectivity index (χ0v) is 18.9. The van der Waals surface area contributed by atoms with Gasteiger partial charge in [-0.05, 0) is 43.0 Å². The number of hydrazine groups is 1. The molecule has 0 aromatic heterocycles. The second-order valence-corrected chi connectivity index (χ2v) is 8.37. The van der Waals surface area contributed by atoms with Crippen LogP contribution in [0.4, 0.5) is 0 Å². The van der Waals surface area contributed by atoms with Gasteiger partial charge in [-0.1, -0.05) is 36.4 Å². The van der Waals surface area contributed by atoms with Crippen molar-refractivity contribution in [2.45, 2.75) is 44.5 Å². The molecule has 3 atom stereocenters. The minimum absolute atomic E-state index is 0.155. The van der Waals surface area contributed by atoms with Gasteiger partial charge in [0.2, 0.25) is 0 Å². The number of carbonyl (C=O) groups is 2. The predicted octanol–water partition coefficient (Wildman–Crippen LogP) is 2.42. The second-order valence-electron chi connectivity index (χ2n) is 8.37. The average molecular weight is 451 g/mol. The van der Waals surface area contributed by atoms with Gasteiger partial charge >= 0.3 is 0 Å². The van der Waals surface area contributed by atoms with Crippen molar-refractivity contribution in [3.05, 3.63) is 76.6 Å². The summed E-state index contributed by atoms with van der Waals surface area (Å²) in [7, 11) is 1.54. The average Bonchev–Trinajstić information content (AvgIpc) is 3.18. The van der Waals surface area contributed by atoms with Gasteiger partial charge in [-0.25, -0.2) is 5.43 Å². The molecule has 174 valence electrons. The van der Waals surface area contributed by atoms with Crippen LogP contribution in [0, 0.1) is 0 Å². The number of nitrogens with zero attached hydrogens (tertiary/aromatic N) is 1. The Morgan fingerprint density at radius 2 is 2.03 bits per heavy atom. The third-order valence-corrected chi connectivity index (χ3v) is 6.20. The van der Waals surface area contributed by atoms with Gasteiger partial charge in [-0.2, -0.15) is 0 Å². The summed E-state index contributed by atoms with van der Waals surface area (Å²) in [5, 5.41) is 4.85. The largest absolute Gasteiger partial charge is 0.496 e. The van der Waals surface area contributed by atoms with Gasteiger partial charge in [0.05, 0.1) is 36.4 Å². The van der Waals surface area contributed by atoms with Crippen LogP contribution < -0.4 is 21.2 Å². The summed E-state index contributed by atoms with van der Waals surface area (Å²) in [5.41, 5.74) is 12.7. The van der Waals surface area contributed by atoms with Crippen molar-refractivity contribution in [2.75, 3.05) is 13.7 Å². The van der Waals surface area contributed by atoms with Crippen LogP contribution in [0.3, 0.4) is 0 Å². The first kappa shape index (κ1) is 22.8. The van der Waals surface area contributed by atoms with Gasteiger partial charge in [0.1, 0.15) is 11.6 Å². The molecule has 1 saturated heterocycles. The third-order valence-electron chi connectivity index (χ3n) is 6.20. The molecule has 0 bridgehead atoms. The fraction of sp³-hybridized carbons (Fsp3) is 0.360. The molecule has 3 unspecified atom stereocenters. The molecule has 33 heavy (non-hydrogen) atoms. The summed E-state index contributed by atoms with van der Waals surface area (Å²) in [6.07, 6.45) is 2.68. The normalized spacial score (nSPS) is 22.8. The number of carbonyl (C=O) groups excluding carboxylic acids is 2. The highest BCUT2D eigenvalue weighted by Crippen LogP contribution is 2.32. The van der Waals surface area contributed by atoms with E-state index in [4.69, 9.17) is 15.2 Å². The highest BCUT2D eigenvalue weighted by Gasteiger charge is 2.36. The summed E-state index contributed by atoms with van der Waals surface area (Å²) in [4.78, 5) is 24.4. The molecule has 0 spiro atoms. The maximum atomic E-state index is 12.5. The second kappa shape index (κ2) is 10.1. The number of hydrogen-bond acceptors (Lipinski definition) is 7. The molecular formula is C25H30N4O4. The molecule has 2 aliphatic rings. The Balaban J connectivity index is 1.42. The third kappa shape index (κ3) is 4.86. The van der Waals surface area contributed by atoms with E-state index in [1.54, 1.807) is 25.3 Å². The summed E-state index contributed by atoms with van der Waals surface area (Å²) in [6.45, 7) is 3.10. The first-order valence-electron chi connectivity index (χ1n) is 11.1. The Labute approximate surface area is 193 Å². The Bertz CT molecular complexity index is 1040. The highest BCUT2D eigenvalue weighted by molar-refractivity contribution is 5.96. The zero-order valence-electron chi connectivity index (χ0n) is 18.9. The van der Waals surface area contributed by atoms with Crippen molar-refractivity contribution in [3.63, 3.8) is 0 Å². The number of rotatable bonds is 7. The maximum Gasteiger partial charge on any atom is 0.255 e. The van der Waals surface area contributed by atoms with Crippen LogP contribution in [0.1, 0.15) is 47.3 Å². The number of methoxy groups -OCH3 is 1. The molecule has 2 aromatic rings. The molecule has 8 heteroatoms. The fourth-order valence-corrected chi connectivity index (χ4v) is 4.40. The molecule has 0 aliphatic carbocycles. The molecule has 4 rings (SSSR count). The van der Waals surface area contributed by atoms with E-state index in [2.05, 4.69) is 10.7 Å². The molecule has 8 nitrogen and oxygen atoms in total. The Kier molecular flexibility index (Phi) is 6.96. The fourth-order valence-electron chi connectivity index (χ4n) is 4.40. The zero-order chi connectivity index (χ0) is 23.4. The molecule has 0 radical (unpaired) electrons. The topological polar surface area (TPSA) is 106 Å². The Morgan fingerprint density at radius 1 is 1.27 bits per heavy atom. The quantitative estimate of drug-likeness (QED) is 0.556. The van der Waals surface area contributed by atoms with Gasteiger partial charge < -0.3 is 20.5 Å². The lowest BCUT2D eigenvalue weighted by Gasteiger charge is -2.36. The van der Waals surface area contributed by atoms with Gasteiger partial charge in [-0.15, -0.1) is 0 Å². The summed E-state index contributed by atoms with van der Waals surface area (Å²) < 4.78 is 10.9. The van der Waals surface area contributed by atoms with Crippen molar-refractivity contribution < 1.29 is 19.1 Å². The van der Waals surface area contributed by atoms with E-state index in [0.29, 0.717) is 35.9 Å². The van der Waals surface area contributed by atoms with Crippen LogP contribution in [0.25, 0.3) is 0 Å². The Morgan fingerprint density at radius 3 is 2.73 bits per heavy atom.